The van der Waals surface area contributed by atoms with E-state index < -0.39 is 0 Å². The van der Waals surface area contributed by atoms with E-state index in [-0.39, 0.29) is 11.8 Å². The third kappa shape index (κ3) is 4.33. The van der Waals surface area contributed by atoms with Crippen molar-refractivity contribution in [2.75, 3.05) is 6.54 Å². The highest BCUT2D eigenvalue weighted by Crippen LogP contribution is 2.11. The van der Waals surface area contributed by atoms with Crippen LogP contribution in [-0.2, 0) is 11.3 Å². The molecule has 4 heteroatoms. The summed E-state index contributed by atoms with van der Waals surface area (Å²) in [5.74, 6) is 0.515. The summed E-state index contributed by atoms with van der Waals surface area (Å²) in [5, 5.41) is 6.98. The smallest absolute Gasteiger partial charge is 0.224 e. The predicted molar refractivity (Wildman–Crippen MR) is 68.2 cm³/mol. The fourth-order valence-electron chi connectivity index (χ4n) is 1.61. The van der Waals surface area contributed by atoms with E-state index in [2.05, 4.69) is 19.2 Å². The maximum Gasteiger partial charge on any atom is 0.224 e. The van der Waals surface area contributed by atoms with Crippen LogP contribution in [-0.4, -0.2) is 12.5 Å². The van der Waals surface area contributed by atoms with Gasteiger partial charge in [-0.1, -0.05) is 13.8 Å². The van der Waals surface area contributed by atoms with Crippen LogP contribution in [0.3, 0.4) is 0 Å². The Hall–Kier alpha value is -0.870. The van der Waals surface area contributed by atoms with Crippen LogP contribution in [0.2, 0.25) is 0 Å². The van der Waals surface area contributed by atoms with Gasteiger partial charge in [0.25, 0.3) is 0 Å². The highest BCUT2D eigenvalue weighted by atomic mass is 32.1. The number of carbonyl (C=O) groups is 1. The van der Waals surface area contributed by atoms with Gasteiger partial charge in [-0.25, -0.2) is 0 Å². The molecule has 0 bridgehead atoms. The molecule has 1 aromatic heterocycles. The second-order valence-corrected chi connectivity index (χ2v) is 5.19. The van der Waals surface area contributed by atoms with Crippen molar-refractivity contribution in [3.8, 4) is 0 Å². The summed E-state index contributed by atoms with van der Waals surface area (Å²) in [6.45, 7) is 5.24. The Morgan fingerprint density at radius 3 is 2.81 bits per heavy atom. The number of nitrogens with two attached hydrogens (primary N) is 1. The maximum absolute atomic E-state index is 11.8. The average Bonchev–Trinajstić information content (AvgIpc) is 2.75. The summed E-state index contributed by atoms with van der Waals surface area (Å²) in [6, 6.07) is 2.02. The van der Waals surface area contributed by atoms with Crippen molar-refractivity contribution in [3.05, 3.63) is 22.4 Å². The lowest BCUT2D eigenvalue weighted by molar-refractivity contribution is -0.125. The predicted octanol–water partition coefficient (Wildman–Crippen LogP) is 1.99. The zero-order chi connectivity index (χ0) is 12.0. The monoisotopic (exact) mass is 240 g/mol. The first-order chi connectivity index (χ1) is 7.63. The van der Waals surface area contributed by atoms with Gasteiger partial charge in [0, 0.05) is 13.1 Å². The van der Waals surface area contributed by atoms with Crippen LogP contribution in [0.15, 0.2) is 16.8 Å². The molecule has 0 aromatic carbocycles. The highest BCUT2D eigenvalue weighted by Gasteiger charge is 2.17. The number of carbonyl (C=O) groups excluding carboxylic acids is 1. The fraction of sp³-hybridized carbons (Fsp3) is 0.583. The number of nitrogens with one attached hydrogen (secondary N) is 1. The molecule has 90 valence electrons. The van der Waals surface area contributed by atoms with Crippen LogP contribution in [0.4, 0.5) is 0 Å². The number of hydrogen-bond donors (Lipinski definition) is 2. The highest BCUT2D eigenvalue weighted by molar-refractivity contribution is 7.07. The lowest BCUT2D eigenvalue weighted by Crippen LogP contribution is -2.35. The zero-order valence-corrected chi connectivity index (χ0v) is 10.7. The number of thiophene rings is 1. The van der Waals surface area contributed by atoms with Crippen LogP contribution < -0.4 is 11.1 Å². The quantitative estimate of drug-likeness (QED) is 0.799. The lowest BCUT2D eigenvalue weighted by Gasteiger charge is -2.16. The Bertz CT molecular complexity index is 309. The molecule has 1 unspecified atom stereocenters. The summed E-state index contributed by atoms with van der Waals surface area (Å²) >= 11 is 1.64. The Balaban J connectivity index is 2.37. The molecule has 0 fully saturated rings. The summed E-state index contributed by atoms with van der Waals surface area (Å²) < 4.78 is 0. The Kier molecular flexibility index (Phi) is 5.49. The number of amides is 1. The largest absolute Gasteiger partial charge is 0.352 e. The molecular weight excluding hydrogens is 220 g/mol. The third-order valence-electron chi connectivity index (χ3n) is 2.46. The standard InChI is InChI=1S/C12H20N2OS/c1-9(2)5-11(6-13)12(15)14-7-10-3-4-16-8-10/h3-4,8-9,11H,5-7,13H2,1-2H3,(H,14,15). The molecule has 1 aromatic rings. The second kappa shape index (κ2) is 6.66. The van der Waals surface area contributed by atoms with Crippen molar-refractivity contribution >= 4 is 17.2 Å². The molecule has 1 heterocycles. The van der Waals surface area contributed by atoms with Crippen LogP contribution in [0.25, 0.3) is 0 Å². The molecular formula is C12H20N2OS. The summed E-state index contributed by atoms with van der Waals surface area (Å²) in [4.78, 5) is 11.8. The van der Waals surface area contributed by atoms with E-state index in [0.717, 1.165) is 12.0 Å². The minimum absolute atomic E-state index is 0.0568. The van der Waals surface area contributed by atoms with Crippen LogP contribution in [0.5, 0.6) is 0 Å². The second-order valence-electron chi connectivity index (χ2n) is 4.41. The van der Waals surface area contributed by atoms with Gasteiger partial charge in [-0.2, -0.15) is 11.3 Å². The Morgan fingerprint density at radius 2 is 2.31 bits per heavy atom. The average molecular weight is 240 g/mol. The van der Waals surface area contributed by atoms with Crippen molar-refractivity contribution in [3.63, 3.8) is 0 Å². The SMILES string of the molecule is CC(C)CC(CN)C(=O)NCc1ccsc1. The van der Waals surface area contributed by atoms with Gasteiger partial charge in [0.1, 0.15) is 0 Å². The molecule has 1 rings (SSSR count). The minimum Gasteiger partial charge on any atom is -0.352 e. The lowest BCUT2D eigenvalue weighted by atomic mass is 9.96. The molecule has 1 amide bonds. The first kappa shape index (κ1) is 13.2. The van der Waals surface area contributed by atoms with Gasteiger partial charge in [-0.05, 0) is 34.7 Å². The van der Waals surface area contributed by atoms with Gasteiger partial charge in [-0.15, -0.1) is 0 Å². The van der Waals surface area contributed by atoms with Gasteiger partial charge in [0.2, 0.25) is 5.91 Å². The molecule has 1 atom stereocenters. The summed E-state index contributed by atoms with van der Waals surface area (Å²) in [5.41, 5.74) is 6.76. The molecule has 0 saturated heterocycles. The Labute approximate surface area is 101 Å². The van der Waals surface area contributed by atoms with Gasteiger partial charge in [-0.3, -0.25) is 4.79 Å². The first-order valence-electron chi connectivity index (χ1n) is 5.62. The normalized spacial score (nSPS) is 12.8. The third-order valence-corrected chi connectivity index (χ3v) is 3.19. The van der Waals surface area contributed by atoms with Crippen molar-refractivity contribution < 1.29 is 4.79 Å². The molecule has 0 aliphatic carbocycles. The maximum atomic E-state index is 11.8. The van der Waals surface area contributed by atoms with E-state index in [9.17, 15) is 4.79 Å². The van der Waals surface area contributed by atoms with E-state index in [0.29, 0.717) is 19.0 Å². The molecule has 3 N–H and O–H groups in total. The molecule has 0 radical (unpaired) electrons. The van der Waals surface area contributed by atoms with Gasteiger partial charge in [0.05, 0.1) is 5.92 Å². The number of hydrogen-bond acceptors (Lipinski definition) is 3. The molecule has 0 aliphatic rings. The van der Waals surface area contributed by atoms with Crippen molar-refractivity contribution in [1.82, 2.24) is 5.32 Å². The van der Waals surface area contributed by atoms with E-state index in [1.54, 1.807) is 11.3 Å². The summed E-state index contributed by atoms with van der Waals surface area (Å²) in [6.07, 6.45) is 0.853. The topological polar surface area (TPSA) is 55.1 Å². The molecule has 3 nitrogen and oxygen atoms in total. The van der Waals surface area contributed by atoms with Crippen molar-refractivity contribution in [2.45, 2.75) is 26.8 Å². The van der Waals surface area contributed by atoms with Crippen LogP contribution in [0.1, 0.15) is 25.8 Å². The van der Waals surface area contributed by atoms with E-state index >= 15 is 0 Å². The minimum atomic E-state index is -0.0568. The van der Waals surface area contributed by atoms with Crippen molar-refractivity contribution in [2.24, 2.45) is 17.6 Å². The molecule has 16 heavy (non-hydrogen) atoms. The van der Waals surface area contributed by atoms with E-state index in [1.807, 2.05) is 16.8 Å². The number of rotatable bonds is 6. The van der Waals surface area contributed by atoms with Gasteiger partial charge in [0.15, 0.2) is 0 Å². The zero-order valence-electron chi connectivity index (χ0n) is 9.90. The fourth-order valence-corrected chi connectivity index (χ4v) is 2.27. The summed E-state index contributed by atoms with van der Waals surface area (Å²) in [7, 11) is 0. The van der Waals surface area contributed by atoms with Crippen molar-refractivity contribution in [1.29, 1.82) is 0 Å². The van der Waals surface area contributed by atoms with E-state index in [1.165, 1.54) is 0 Å². The first-order valence-corrected chi connectivity index (χ1v) is 6.56. The van der Waals surface area contributed by atoms with Gasteiger partial charge >= 0.3 is 0 Å². The Morgan fingerprint density at radius 1 is 1.56 bits per heavy atom. The molecule has 0 spiro atoms. The van der Waals surface area contributed by atoms with Gasteiger partial charge < -0.3 is 11.1 Å². The van der Waals surface area contributed by atoms with Crippen LogP contribution in [0, 0.1) is 11.8 Å². The van der Waals surface area contributed by atoms with E-state index in [4.69, 9.17) is 5.73 Å². The molecule has 0 aliphatic heterocycles. The van der Waals surface area contributed by atoms with Crippen LogP contribution >= 0.6 is 11.3 Å². The molecule has 0 saturated carbocycles.